The smallest absolute Gasteiger partial charge is 0.341 e. The van der Waals surface area contributed by atoms with Gasteiger partial charge in [0, 0.05) is 21.4 Å². The SMILES string of the molecule is CCOC(=O)c1c(-c2ccc(Cl)cc2)csc1NC(=O)C(C)(C)C. The molecule has 4 nitrogen and oxygen atoms in total. The molecular formula is C18H20ClNO3S. The molecule has 1 amide bonds. The molecule has 0 saturated heterocycles. The number of carbonyl (C=O) groups is 2. The zero-order chi connectivity index (χ0) is 17.9. The summed E-state index contributed by atoms with van der Waals surface area (Å²) in [5.41, 5.74) is 1.38. The highest BCUT2D eigenvalue weighted by molar-refractivity contribution is 7.15. The Bertz CT molecular complexity index is 745. The Morgan fingerprint density at radius 2 is 1.83 bits per heavy atom. The molecule has 0 unspecified atom stereocenters. The average Bonchev–Trinajstić information content (AvgIpc) is 2.91. The zero-order valence-corrected chi connectivity index (χ0v) is 15.7. The average molecular weight is 366 g/mol. The third-order valence-corrected chi connectivity index (χ3v) is 4.48. The normalized spacial score (nSPS) is 11.2. The lowest BCUT2D eigenvalue weighted by molar-refractivity contribution is -0.123. The van der Waals surface area contributed by atoms with E-state index in [0.717, 1.165) is 11.1 Å². The van der Waals surface area contributed by atoms with E-state index < -0.39 is 11.4 Å². The molecular weight excluding hydrogens is 346 g/mol. The van der Waals surface area contributed by atoms with Crippen LogP contribution in [0.2, 0.25) is 5.02 Å². The molecule has 128 valence electrons. The summed E-state index contributed by atoms with van der Waals surface area (Å²) < 4.78 is 5.17. The molecule has 6 heteroatoms. The molecule has 0 radical (unpaired) electrons. The van der Waals surface area contributed by atoms with Crippen LogP contribution in [0.1, 0.15) is 38.1 Å². The summed E-state index contributed by atoms with van der Waals surface area (Å²) in [6, 6.07) is 7.19. The van der Waals surface area contributed by atoms with Gasteiger partial charge in [0.25, 0.3) is 0 Å². The standard InChI is InChI=1S/C18H20ClNO3S/c1-5-23-16(21)14-13(11-6-8-12(19)9-7-11)10-24-15(14)20-17(22)18(2,3)4/h6-10H,5H2,1-4H3,(H,20,22). The highest BCUT2D eigenvalue weighted by Crippen LogP contribution is 2.37. The molecule has 2 aromatic rings. The van der Waals surface area contributed by atoms with Crippen molar-refractivity contribution >= 4 is 39.8 Å². The van der Waals surface area contributed by atoms with Crippen LogP contribution < -0.4 is 5.32 Å². The monoisotopic (exact) mass is 365 g/mol. The van der Waals surface area contributed by atoms with Gasteiger partial charge in [-0.2, -0.15) is 0 Å². The van der Waals surface area contributed by atoms with E-state index in [2.05, 4.69) is 5.32 Å². The van der Waals surface area contributed by atoms with Gasteiger partial charge in [-0.3, -0.25) is 4.79 Å². The summed E-state index contributed by atoms with van der Waals surface area (Å²) in [4.78, 5) is 24.7. The van der Waals surface area contributed by atoms with Crippen molar-refractivity contribution in [2.75, 3.05) is 11.9 Å². The summed E-state index contributed by atoms with van der Waals surface area (Å²) in [6.45, 7) is 7.47. The van der Waals surface area contributed by atoms with Crippen LogP contribution in [0.3, 0.4) is 0 Å². The van der Waals surface area contributed by atoms with E-state index in [0.29, 0.717) is 15.6 Å². The van der Waals surface area contributed by atoms with E-state index in [9.17, 15) is 9.59 Å². The second-order valence-electron chi connectivity index (χ2n) is 6.28. The molecule has 1 aromatic heterocycles. The second-order valence-corrected chi connectivity index (χ2v) is 7.60. The Morgan fingerprint density at radius 3 is 2.38 bits per heavy atom. The third-order valence-electron chi connectivity index (χ3n) is 3.33. The molecule has 0 bridgehead atoms. The number of thiophene rings is 1. The fourth-order valence-electron chi connectivity index (χ4n) is 1.99. The van der Waals surface area contributed by atoms with Gasteiger partial charge in [0.15, 0.2) is 0 Å². The Kier molecular flexibility index (Phi) is 5.67. The number of halogens is 1. The predicted molar refractivity (Wildman–Crippen MR) is 98.8 cm³/mol. The van der Waals surface area contributed by atoms with Gasteiger partial charge in [-0.1, -0.05) is 44.5 Å². The number of amides is 1. The minimum atomic E-state index is -0.559. The summed E-state index contributed by atoms with van der Waals surface area (Å²) in [7, 11) is 0. The molecule has 0 aliphatic carbocycles. The molecule has 0 spiro atoms. The minimum Gasteiger partial charge on any atom is -0.462 e. The zero-order valence-electron chi connectivity index (χ0n) is 14.1. The van der Waals surface area contributed by atoms with Gasteiger partial charge >= 0.3 is 5.97 Å². The molecule has 0 aliphatic heterocycles. The van der Waals surface area contributed by atoms with E-state index in [1.165, 1.54) is 11.3 Å². The maximum absolute atomic E-state index is 12.4. The maximum atomic E-state index is 12.4. The Balaban J connectivity index is 2.47. The van der Waals surface area contributed by atoms with Crippen LogP contribution in [0.25, 0.3) is 11.1 Å². The molecule has 1 heterocycles. The van der Waals surface area contributed by atoms with Gasteiger partial charge in [-0.05, 0) is 24.6 Å². The molecule has 24 heavy (non-hydrogen) atoms. The van der Waals surface area contributed by atoms with E-state index >= 15 is 0 Å². The molecule has 1 aromatic carbocycles. The molecule has 0 atom stereocenters. The van der Waals surface area contributed by atoms with Crippen LogP contribution in [0.4, 0.5) is 5.00 Å². The number of anilines is 1. The fourth-order valence-corrected chi connectivity index (χ4v) is 3.07. The topological polar surface area (TPSA) is 55.4 Å². The third kappa shape index (κ3) is 4.16. The van der Waals surface area contributed by atoms with Crippen molar-refractivity contribution in [3.05, 3.63) is 40.2 Å². The number of ether oxygens (including phenoxy) is 1. The number of benzene rings is 1. The van der Waals surface area contributed by atoms with Crippen molar-refractivity contribution in [1.82, 2.24) is 0 Å². The first-order valence-electron chi connectivity index (χ1n) is 7.60. The first-order valence-corrected chi connectivity index (χ1v) is 8.85. The van der Waals surface area contributed by atoms with Crippen LogP contribution in [-0.4, -0.2) is 18.5 Å². The van der Waals surface area contributed by atoms with Crippen molar-refractivity contribution in [3.8, 4) is 11.1 Å². The quantitative estimate of drug-likeness (QED) is 0.755. The summed E-state index contributed by atoms with van der Waals surface area (Å²) in [5, 5.41) is 5.80. The molecule has 1 N–H and O–H groups in total. The van der Waals surface area contributed by atoms with Crippen LogP contribution in [0.15, 0.2) is 29.6 Å². The van der Waals surface area contributed by atoms with Gasteiger partial charge in [0.2, 0.25) is 5.91 Å². The van der Waals surface area contributed by atoms with Gasteiger partial charge < -0.3 is 10.1 Å². The predicted octanol–water partition coefficient (Wildman–Crippen LogP) is 5.23. The Labute approximate surface area is 150 Å². The van der Waals surface area contributed by atoms with E-state index in [-0.39, 0.29) is 12.5 Å². The van der Waals surface area contributed by atoms with E-state index in [4.69, 9.17) is 16.3 Å². The number of carbonyl (C=O) groups excluding carboxylic acids is 2. The van der Waals surface area contributed by atoms with Gasteiger partial charge in [-0.25, -0.2) is 4.79 Å². The van der Waals surface area contributed by atoms with Crippen molar-refractivity contribution in [2.24, 2.45) is 5.41 Å². The molecule has 0 saturated carbocycles. The Morgan fingerprint density at radius 1 is 1.21 bits per heavy atom. The number of hydrogen-bond donors (Lipinski definition) is 1. The van der Waals surface area contributed by atoms with Crippen molar-refractivity contribution in [2.45, 2.75) is 27.7 Å². The lowest BCUT2D eigenvalue weighted by atomic mass is 9.95. The van der Waals surface area contributed by atoms with Crippen molar-refractivity contribution in [3.63, 3.8) is 0 Å². The first kappa shape index (κ1) is 18.5. The summed E-state index contributed by atoms with van der Waals surface area (Å²) >= 11 is 7.24. The second kappa shape index (κ2) is 7.36. The van der Waals surface area contributed by atoms with E-state index in [1.807, 2.05) is 38.3 Å². The van der Waals surface area contributed by atoms with Crippen molar-refractivity contribution < 1.29 is 14.3 Å². The van der Waals surface area contributed by atoms with Crippen LogP contribution in [0, 0.1) is 5.41 Å². The number of esters is 1. The maximum Gasteiger partial charge on any atom is 0.341 e. The van der Waals surface area contributed by atoms with Crippen LogP contribution in [-0.2, 0) is 9.53 Å². The lowest BCUT2D eigenvalue weighted by Gasteiger charge is -2.17. The number of nitrogens with one attached hydrogen (secondary N) is 1. The first-order chi connectivity index (χ1) is 11.2. The van der Waals surface area contributed by atoms with Gasteiger partial charge in [0.05, 0.1) is 6.61 Å². The summed E-state index contributed by atoms with van der Waals surface area (Å²) in [5.74, 6) is -0.606. The highest BCUT2D eigenvalue weighted by Gasteiger charge is 2.27. The number of rotatable bonds is 4. The molecule has 0 aliphatic rings. The largest absolute Gasteiger partial charge is 0.462 e. The van der Waals surface area contributed by atoms with E-state index in [1.54, 1.807) is 19.1 Å². The van der Waals surface area contributed by atoms with Gasteiger partial charge in [-0.15, -0.1) is 11.3 Å². The molecule has 0 fully saturated rings. The highest BCUT2D eigenvalue weighted by atomic mass is 35.5. The minimum absolute atomic E-state index is 0.155. The number of hydrogen-bond acceptors (Lipinski definition) is 4. The van der Waals surface area contributed by atoms with Gasteiger partial charge in [0.1, 0.15) is 10.6 Å². The Hall–Kier alpha value is -1.85. The summed E-state index contributed by atoms with van der Waals surface area (Å²) in [6.07, 6.45) is 0. The molecule has 2 rings (SSSR count). The van der Waals surface area contributed by atoms with Crippen LogP contribution in [0.5, 0.6) is 0 Å². The van der Waals surface area contributed by atoms with Crippen molar-refractivity contribution in [1.29, 1.82) is 0 Å². The lowest BCUT2D eigenvalue weighted by Crippen LogP contribution is -2.28. The van der Waals surface area contributed by atoms with Crippen LogP contribution >= 0.6 is 22.9 Å². The fraction of sp³-hybridized carbons (Fsp3) is 0.333.